The van der Waals surface area contributed by atoms with Crippen molar-refractivity contribution in [3.05, 3.63) is 28.6 Å². The summed E-state index contributed by atoms with van der Waals surface area (Å²) >= 11 is 3.44. The molecule has 4 nitrogen and oxygen atoms in total. The number of nitrogens with two attached hydrogens (primary N) is 1. The van der Waals surface area contributed by atoms with Gasteiger partial charge in [-0.25, -0.2) is 0 Å². The summed E-state index contributed by atoms with van der Waals surface area (Å²) in [6, 6.07) is 3.91. The first kappa shape index (κ1) is 10.6. The van der Waals surface area contributed by atoms with Crippen LogP contribution in [0.3, 0.4) is 0 Å². The van der Waals surface area contributed by atoms with E-state index in [-0.39, 0.29) is 0 Å². The van der Waals surface area contributed by atoms with Crippen LogP contribution < -0.4 is 5.73 Å². The van der Waals surface area contributed by atoms with Gasteiger partial charge in [-0.1, -0.05) is 0 Å². The molecule has 0 fully saturated rings. The van der Waals surface area contributed by atoms with Crippen molar-refractivity contribution in [1.82, 2.24) is 14.6 Å². The van der Waals surface area contributed by atoms with Gasteiger partial charge < -0.3 is 5.73 Å². The molecule has 0 saturated heterocycles. The summed E-state index contributed by atoms with van der Waals surface area (Å²) < 4.78 is 3.05. The number of nitrogens with zero attached hydrogens (tertiary/aromatic N) is 3. The summed E-state index contributed by atoms with van der Waals surface area (Å²) in [7, 11) is 0. The van der Waals surface area contributed by atoms with Gasteiger partial charge in [0.15, 0.2) is 5.65 Å². The molecule has 0 aliphatic heterocycles. The monoisotopic (exact) mass is 268 g/mol. The Balaban J connectivity index is 2.23. The summed E-state index contributed by atoms with van der Waals surface area (Å²) in [6.45, 7) is 0.737. The number of halogens is 1. The molecule has 0 saturated carbocycles. The first-order chi connectivity index (χ1) is 7.31. The van der Waals surface area contributed by atoms with Crippen molar-refractivity contribution >= 4 is 21.6 Å². The lowest BCUT2D eigenvalue weighted by Gasteiger charge is -1.99. The Hall–Kier alpha value is -0.940. The summed E-state index contributed by atoms with van der Waals surface area (Å²) in [5.74, 6) is 1.000. The highest BCUT2D eigenvalue weighted by Crippen LogP contribution is 2.13. The van der Waals surface area contributed by atoms with E-state index in [2.05, 4.69) is 26.1 Å². The van der Waals surface area contributed by atoms with Gasteiger partial charge in [0.2, 0.25) is 0 Å². The zero-order valence-electron chi connectivity index (χ0n) is 8.36. The molecule has 0 aromatic carbocycles. The predicted octanol–water partition coefficient (Wildman–Crippen LogP) is 1.77. The minimum atomic E-state index is 0.737. The molecule has 0 unspecified atom stereocenters. The molecule has 0 radical (unpaired) electrons. The zero-order chi connectivity index (χ0) is 10.7. The Morgan fingerprint density at radius 2 is 2.13 bits per heavy atom. The van der Waals surface area contributed by atoms with Crippen LogP contribution >= 0.6 is 15.9 Å². The number of pyridine rings is 1. The Labute approximate surface area is 96.6 Å². The van der Waals surface area contributed by atoms with E-state index in [1.165, 1.54) is 0 Å². The highest BCUT2D eigenvalue weighted by atomic mass is 79.9. The molecule has 0 amide bonds. The Kier molecular flexibility index (Phi) is 3.33. The summed E-state index contributed by atoms with van der Waals surface area (Å²) in [5.41, 5.74) is 6.34. The predicted molar refractivity (Wildman–Crippen MR) is 62.7 cm³/mol. The van der Waals surface area contributed by atoms with Gasteiger partial charge in [0.1, 0.15) is 5.82 Å². The standard InChI is InChI=1S/C10H13BrN4/c11-8-4-5-10-14-13-9(15(10)7-8)3-1-2-6-12/h4-5,7H,1-3,6,12H2. The molecule has 2 N–H and O–H groups in total. The van der Waals surface area contributed by atoms with Crippen LogP contribution in [0.15, 0.2) is 22.8 Å². The Bertz CT molecular complexity index is 452. The lowest BCUT2D eigenvalue weighted by molar-refractivity contribution is 0.709. The molecule has 0 atom stereocenters. The fourth-order valence-electron chi connectivity index (χ4n) is 1.51. The number of unbranched alkanes of at least 4 members (excludes halogenated alkanes) is 1. The maximum Gasteiger partial charge on any atom is 0.160 e. The van der Waals surface area contributed by atoms with Gasteiger partial charge in [-0.05, 0) is 47.4 Å². The second-order valence-corrected chi connectivity index (χ2v) is 4.35. The third-order valence-electron chi connectivity index (χ3n) is 2.29. The van der Waals surface area contributed by atoms with Crippen LogP contribution in [0, 0.1) is 0 Å². The topological polar surface area (TPSA) is 56.2 Å². The van der Waals surface area contributed by atoms with Crippen molar-refractivity contribution < 1.29 is 0 Å². The van der Waals surface area contributed by atoms with Crippen LogP contribution in [-0.4, -0.2) is 21.1 Å². The quantitative estimate of drug-likeness (QED) is 0.861. The van der Waals surface area contributed by atoms with Crippen molar-refractivity contribution in [2.75, 3.05) is 6.54 Å². The number of hydrogen-bond acceptors (Lipinski definition) is 3. The van der Waals surface area contributed by atoms with Gasteiger partial charge >= 0.3 is 0 Å². The first-order valence-corrected chi connectivity index (χ1v) is 5.80. The molecular weight excluding hydrogens is 256 g/mol. The number of hydrogen-bond donors (Lipinski definition) is 1. The lowest BCUT2D eigenvalue weighted by Crippen LogP contribution is -2.01. The summed E-state index contributed by atoms with van der Waals surface area (Å²) in [6.07, 6.45) is 5.01. The Morgan fingerprint density at radius 3 is 2.93 bits per heavy atom. The number of rotatable bonds is 4. The van der Waals surface area contributed by atoms with Crippen LogP contribution in [0.4, 0.5) is 0 Å². The second-order valence-electron chi connectivity index (χ2n) is 3.44. The van der Waals surface area contributed by atoms with E-state index in [1.807, 2.05) is 22.7 Å². The van der Waals surface area contributed by atoms with E-state index in [9.17, 15) is 0 Å². The zero-order valence-corrected chi connectivity index (χ0v) is 9.94. The van der Waals surface area contributed by atoms with E-state index in [0.717, 1.165) is 41.8 Å². The van der Waals surface area contributed by atoms with E-state index in [1.54, 1.807) is 0 Å². The number of fused-ring (bicyclic) bond motifs is 1. The number of aryl methyl sites for hydroxylation is 1. The van der Waals surface area contributed by atoms with Crippen molar-refractivity contribution in [2.24, 2.45) is 5.73 Å². The highest BCUT2D eigenvalue weighted by molar-refractivity contribution is 9.10. The van der Waals surface area contributed by atoms with E-state index >= 15 is 0 Å². The minimum absolute atomic E-state index is 0.737. The van der Waals surface area contributed by atoms with Gasteiger partial charge in [-0.15, -0.1) is 10.2 Å². The average molecular weight is 269 g/mol. The third-order valence-corrected chi connectivity index (χ3v) is 2.76. The van der Waals surface area contributed by atoms with Crippen LogP contribution in [0.1, 0.15) is 18.7 Å². The van der Waals surface area contributed by atoms with E-state index < -0.39 is 0 Å². The fourth-order valence-corrected chi connectivity index (χ4v) is 1.85. The molecule has 2 rings (SSSR count). The molecule has 2 heterocycles. The van der Waals surface area contributed by atoms with Crippen LogP contribution in [0.5, 0.6) is 0 Å². The molecular formula is C10H13BrN4. The smallest absolute Gasteiger partial charge is 0.160 e. The highest BCUT2D eigenvalue weighted by Gasteiger charge is 2.04. The maximum atomic E-state index is 5.45. The van der Waals surface area contributed by atoms with Gasteiger partial charge in [0.05, 0.1) is 0 Å². The minimum Gasteiger partial charge on any atom is -0.330 e. The van der Waals surface area contributed by atoms with Gasteiger partial charge in [-0.3, -0.25) is 4.40 Å². The lowest BCUT2D eigenvalue weighted by atomic mass is 10.2. The molecule has 0 bridgehead atoms. The molecule has 2 aromatic rings. The van der Waals surface area contributed by atoms with Gasteiger partial charge in [-0.2, -0.15) is 0 Å². The summed E-state index contributed by atoms with van der Waals surface area (Å²) in [5, 5.41) is 8.26. The van der Waals surface area contributed by atoms with Crippen LogP contribution in [0.25, 0.3) is 5.65 Å². The third kappa shape index (κ3) is 2.35. The van der Waals surface area contributed by atoms with Crippen molar-refractivity contribution in [3.8, 4) is 0 Å². The van der Waals surface area contributed by atoms with Gasteiger partial charge in [0, 0.05) is 17.1 Å². The largest absolute Gasteiger partial charge is 0.330 e. The van der Waals surface area contributed by atoms with Gasteiger partial charge in [0.25, 0.3) is 0 Å². The van der Waals surface area contributed by atoms with Crippen molar-refractivity contribution in [1.29, 1.82) is 0 Å². The molecule has 0 aliphatic carbocycles. The maximum absolute atomic E-state index is 5.45. The molecule has 80 valence electrons. The molecule has 15 heavy (non-hydrogen) atoms. The van der Waals surface area contributed by atoms with Crippen molar-refractivity contribution in [3.63, 3.8) is 0 Å². The SMILES string of the molecule is NCCCCc1nnc2ccc(Br)cn12. The van der Waals surface area contributed by atoms with E-state index in [0.29, 0.717) is 0 Å². The van der Waals surface area contributed by atoms with Crippen molar-refractivity contribution in [2.45, 2.75) is 19.3 Å². The molecule has 5 heteroatoms. The fraction of sp³-hybridized carbons (Fsp3) is 0.400. The molecule has 0 spiro atoms. The first-order valence-electron chi connectivity index (χ1n) is 5.00. The normalized spacial score (nSPS) is 11.1. The number of aromatic nitrogens is 3. The second kappa shape index (κ2) is 4.72. The Morgan fingerprint density at radius 1 is 1.27 bits per heavy atom. The van der Waals surface area contributed by atoms with Crippen LogP contribution in [0.2, 0.25) is 0 Å². The summed E-state index contributed by atoms with van der Waals surface area (Å²) in [4.78, 5) is 0. The molecule has 0 aliphatic rings. The molecule has 2 aromatic heterocycles. The average Bonchev–Trinajstić information content (AvgIpc) is 2.62. The van der Waals surface area contributed by atoms with Crippen LogP contribution in [-0.2, 0) is 6.42 Å². The van der Waals surface area contributed by atoms with E-state index in [4.69, 9.17) is 5.73 Å².